The summed E-state index contributed by atoms with van der Waals surface area (Å²) < 4.78 is 16.8. The summed E-state index contributed by atoms with van der Waals surface area (Å²) in [5.74, 6) is 0.500. The number of para-hydroxylation sites is 1. The second-order valence-corrected chi connectivity index (χ2v) is 15.1. The Hall–Kier alpha value is -4.36. The van der Waals surface area contributed by atoms with Crippen molar-refractivity contribution in [1.29, 1.82) is 0 Å². The molecule has 0 aliphatic carbocycles. The summed E-state index contributed by atoms with van der Waals surface area (Å²) in [6, 6.07) is 12.3. The van der Waals surface area contributed by atoms with Crippen LogP contribution in [-0.2, 0) is 31.9 Å². The smallest absolute Gasteiger partial charge is 0.410 e. The van der Waals surface area contributed by atoms with Crippen LogP contribution in [0.3, 0.4) is 0 Å². The van der Waals surface area contributed by atoms with E-state index in [1.807, 2.05) is 67.0 Å². The van der Waals surface area contributed by atoms with Gasteiger partial charge in [-0.3, -0.25) is 14.5 Å². The van der Waals surface area contributed by atoms with Crippen LogP contribution in [0.15, 0.2) is 36.4 Å². The van der Waals surface area contributed by atoms with Gasteiger partial charge in [0.1, 0.15) is 5.75 Å². The highest BCUT2D eigenvalue weighted by Crippen LogP contribution is 2.28. The molecule has 0 spiro atoms. The van der Waals surface area contributed by atoms with E-state index in [9.17, 15) is 19.2 Å². The molecular weight excluding hydrogens is 688 g/mol. The summed E-state index contributed by atoms with van der Waals surface area (Å²) >= 11 is 0. The largest absolute Gasteiger partial charge is 0.496 e. The lowest BCUT2D eigenvalue weighted by atomic mass is 10.00. The Bertz CT molecular complexity index is 1610. The molecule has 294 valence electrons. The Morgan fingerprint density at radius 3 is 2.19 bits per heavy atom. The van der Waals surface area contributed by atoms with Gasteiger partial charge in [-0.25, -0.2) is 9.59 Å². The van der Waals surface area contributed by atoms with Gasteiger partial charge in [-0.05, 0) is 94.3 Å². The van der Waals surface area contributed by atoms with Crippen molar-refractivity contribution in [3.8, 4) is 5.75 Å². The predicted molar refractivity (Wildman–Crippen MR) is 206 cm³/mol. The van der Waals surface area contributed by atoms with Gasteiger partial charge in [-0.15, -0.1) is 0 Å². The number of urea groups is 1. The molecule has 3 saturated heterocycles. The number of carbonyl (C=O) groups excluding carboxylic acids is 4. The fraction of sp³-hybridized carbons (Fsp3) is 0.610. The van der Waals surface area contributed by atoms with Gasteiger partial charge in [0.05, 0.1) is 20.1 Å². The standard InChI is InChI=1S/C41H58N6O7/c1-5-53-37(48)15-18-43-16-11-33(12-17-43)44-22-24-45(25-23-44)39(49)36(28-31-26-29(2)38(52-4)30(3)27-31)54-41(51)46-19-13-34(14-20-46)47-21-10-32-8-6-7-9-35(32)42-40(47)50/h6-9,26-27,33-34,36H,5,10-25,28H2,1-4H3,(H,42,50)/t36-/m1/s1. The molecule has 0 radical (unpaired) electrons. The van der Waals surface area contributed by atoms with E-state index in [2.05, 4.69) is 15.1 Å². The number of fused-ring (bicyclic) bond motifs is 1. The number of hydrogen-bond acceptors (Lipinski definition) is 9. The fourth-order valence-electron chi connectivity index (χ4n) is 8.67. The van der Waals surface area contributed by atoms with Crippen molar-refractivity contribution >= 4 is 29.7 Å². The Kier molecular flexibility index (Phi) is 13.3. The van der Waals surface area contributed by atoms with E-state index in [-0.39, 0.29) is 30.4 Å². The maximum atomic E-state index is 14.2. The normalized spacial score (nSPS) is 19.8. The number of methoxy groups -OCH3 is 1. The molecule has 0 bridgehead atoms. The van der Waals surface area contributed by atoms with Crippen LogP contribution in [0.25, 0.3) is 0 Å². The lowest BCUT2D eigenvalue weighted by Crippen LogP contribution is -2.56. The number of piperidine rings is 2. The number of ether oxygens (including phenoxy) is 3. The van der Waals surface area contributed by atoms with Crippen LogP contribution in [0.4, 0.5) is 15.3 Å². The molecule has 0 saturated carbocycles. The van der Waals surface area contributed by atoms with Crippen LogP contribution in [-0.4, -0.2) is 146 Å². The molecule has 13 heteroatoms. The Labute approximate surface area is 319 Å². The summed E-state index contributed by atoms with van der Waals surface area (Å²) in [5.41, 5.74) is 4.83. The topological polar surface area (TPSA) is 124 Å². The average molecular weight is 747 g/mol. The monoisotopic (exact) mass is 746 g/mol. The molecule has 1 N–H and O–H groups in total. The van der Waals surface area contributed by atoms with E-state index in [0.717, 1.165) is 85.7 Å². The average Bonchev–Trinajstić information content (AvgIpc) is 3.35. The minimum absolute atomic E-state index is 0.0131. The van der Waals surface area contributed by atoms with Crippen LogP contribution in [0, 0.1) is 13.8 Å². The first-order valence-electron chi connectivity index (χ1n) is 19.8. The first kappa shape index (κ1) is 39.3. The molecule has 2 aromatic carbocycles. The SMILES string of the molecule is CCOC(=O)CCN1CCC(N2CCN(C(=O)[C@@H](Cc3cc(C)c(OC)c(C)c3)OC(=O)N3CCC(N4CCc5ccccc5NC4=O)CC3)CC2)CC1. The minimum Gasteiger partial charge on any atom is -0.496 e. The predicted octanol–water partition coefficient (Wildman–Crippen LogP) is 4.48. The van der Waals surface area contributed by atoms with Gasteiger partial charge in [-0.2, -0.15) is 0 Å². The van der Waals surface area contributed by atoms with E-state index >= 15 is 0 Å². The van der Waals surface area contributed by atoms with Crippen LogP contribution >= 0.6 is 0 Å². The number of benzene rings is 2. The number of anilines is 1. The summed E-state index contributed by atoms with van der Waals surface area (Å²) in [7, 11) is 1.65. The first-order chi connectivity index (χ1) is 26.1. The number of hydrogen-bond donors (Lipinski definition) is 1. The van der Waals surface area contributed by atoms with Gasteiger partial charge < -0.3 is 39.1 Å². The lowest BCUT2D eigenvalue weighted by Gasteiger charge is -2.43. The van der Waals surface area contributed by atoms with Crippen LogP contribution in [0.2, 0.25) is 0 Å². The number of amides is 4. The van der Waals surface area contributed by atoms with Crippen LogP contribution in [0.1, 0.15) is 61.3 Å². The maximum absolute atomic E-state index is 14.2. The molecule has 4 aliphatic heterocycles. The third kappa shape index (κ3) is 9.65. The van der Waals surface area contributed by atoms with Crippen molar-refractivity contribution in [3.63, 3.8) is 0 Å². The zero-order valence-electron chi connectivity index (χ0n) is 32.5. The van der Waals surface area contributed by atoms with Gasteiger partial charge in [-0.1, -0.05) is 30.3 Å². The van der Waals surface area contributed by atoms with Crippen molar-refractivity contribution in [1.82, 2.24) is 24.5 Å². The highest BCUT2D eigenvalue weighted by atomic mass is 16.6. The van der Waals surface area contributed by atoms with Gasteiger partial charge in [0.15, 0.2) is 6.10 Å². The lowest BCUT2D eigenvalue weighted by molar-refractivity contribution is -0.144. The molecule has 4 amide bonds. The fourth-order valence-corrected chi connectivity index (χ4v) is 8.67. The number of aryl methyl sites for hydroxylation is 2. The van der Waals surface area contributed by atoms with Gasteiger partial charge in [0, 0.05) is 76.5 Å². The molecule has 0 aromatic heterocycles. The van der Waals surface area contributed by atoms with E-state index in [0.29, 0.717) is 64.6 Å². The molecule has 4 heterocycles. The van der Waals surface area contributed by atoms with Crippen molar-refractivity contribution in [2.45, 2.75) is 83.9 Å². The first-order valence-corrected chi connectivity index (χ1v) is 19.8. The molecule has 6 rings (SSSR count). The van der Waals surface area contributed by atoms with Crippen molar-refractivity contribution in [2.24, 2.45) is 0 Å². The number of piperazine rings is 1. The number of nitrogens with one attached hydrogen (secondary N) is 1. The molecule has 3 fully saturated rings. The Morgan fingerprint density at radius 2 is 1.52 bits per heavy atom. The molecule has 4 aliphatic rings. The second kappa shape index (κ2) is 18.3. The molecule has 54 heavy (non-hydrogen) atoms. The second-order valence-electron chi connectivity index (χ2n) is 15.1. The maximum Gasteiger partial charge on any atom is 0.410 e. The van der Waals surface area contributed by atoms with E-state index in [1.165, 1.54) is 0 Å². The Balaban J connectivity index is 1.04. The van der Waals surface area contributed by atoms with Crippen LogP contribution in [0.5, 0.6) is 5.75 Å². The van der Waals surface area contributed by atoms with Gasteiger partial charge in [0.25, 0.3) is 5.91 Å². The summed E-state index contributed by atoms with van der Waals surface area (Å²) in [6.45, 7) is 13.0. The van der Waals surface area contributed by atoms with E-state index in [1.54, 1.807) is 12.0 Å². The zero-order valence-corrected chi connectivity index (χ0v) is 32.5. The number of rotatable bonds is 11. The Morgan fingerprint density at radius 1 is 0.852 bits per heavy atom. The molecule has 2 aromatic rings. The van der Waals surface area contributed by atoms with Crippen LogP contribution < -0.4 is 10.1 Å². The van der Waals surface area contributed by atoms with E-state index < -0.39 is 12.2 Å². The highest BCUT2D eigenvalue weighted by molar-refractivity contribution is 5.91. The summed E-state index contributed by atoms with van der Waals surface area (Å²) in [6.07, 6.45) is 3.34. The molecule has 1 atom stereocenters. The highest BCUT2D eigenvalue weighted by Gasteiger charge is 2.36. The van der Waals surface area contributed by atoms with E-state index in [4.69, 9.17) is 14.2 Å². The number of nitrogens with zero attached hydrogens (tertiary/aromatic N) is 5. The summed E-state index contributed by atoms with van der Waals surface area (Å²) in [5, 5.41) is 3.06. The summed E-state index contributed by atoms with van der Waals surface area (Å²) in [4.78, 5) is 63.2. The zero-order chi connectivity index (χ0) is 38.2. The molecule has 13 nitrogen and oxygen atoms in total. The van der Waals surface area contributed by atoms with Gasteiger partial charge >= 0.3 is 18.1 Å². The molecule has 0 unspecified atom stereocenters. The number of likely N-dealkylation sites (tertiary alicyclic amines) is 2. The number of carbonyl (C=O) groups is 4. The van der Waals surface area contributed by atoms with Gasteiger partial charge in [0.2, 0.25) is 0 Å². The van der Waals surface area contributed by atoms with Crippen molar-refractivity contribution in [3.05, 3.63) is 58.7 Å². The minimum atomic E-state index is -0.966. The molecular formula is C41H58N6O7. The number of esters is 1. The van der Waals surface area contributed by atoms with Crippen molar-refractivity contribution < 1.29 is 33.4 Å². The third-order valence-electron chi connectivity index (χ3n) is 11.6. The quantitative estimate of drug-likeness (QED) is 0.332. The third-order valence-corrected chi connectivity index (χ3v) is 11.6. The van der Waals surface area contributed by atoms with Crippen molar-refractivity contribution in [2.75, 3.05) is 84.5 Å².